The largest absolute Gasteiger partial charge is 0.347 e. The summed E-state index contributed by atoms with van der Waals surface area (Å²) in [5.41, 5.74) is 8.44. The number of anilines is 1. The lowest BCUT2D eigenvalue weighted by Crippen LogP contribution is -2.41. The van der Waals surface area contributed by atoms with Gasteiger partial charge in [0.15, 0.2) is 0 Å². The summed E-state index contributed by atoms with van der Waals surface area (Å²) in [5, 5.41) is 0. The van der Waals surface area contributed by atoms with Crippen molar-refractivity contribution < 1.29 is 0 Å². The highest BCUT2D eigenvalue weighted by Crippen LogP contribution is 2.33. The van der Waals surface area contributed by atoms with Crippen LogP contribution in [0.5, 0.6) is 0 Å². The van der Waals surface area contributed by atoms with Crippen molar-refractivity contribution in [2.75, 3.05) is 18.0 Å². The van der Waals surface area contributed by atoms with Crippen LogP contribution in [0.1, 0.15) is 17.2 Å². The van der Waals surface area contributed by atoms with E-state index >= 15 is 0 Å². The van der Waals surface area contributed by atoms with Crippen molar-refractivity contribution in [2.24, 2.45) is 5.73 Å². The first-order chi connectivity index (χ1) is 9.72. The van der Waals surface area contributed by atoms with Crippen LogP contribution in [-0.2, 0) is 6.42 Å². The molecule has 1 aliphatic heterocycles. The Labute approximate surface area is 130 Å². The van der Waals surface area contributed by atoms with Crippen LogP contribution < -0.4 is 16.2 Å². The Hall–Kier alpha value is -1.41. The van der Waals surface area contributed by atoms with E-state index in [9.17, 15) is 4.79 Å². The minimum absolute atomic E-state index is 0.0720. The molecular formula is C14H15IN4O. The molecule has 1 aliphatic rings. The van der Waals surface area contributed by atoms with Crippen molar-refractivity contribution >= 4 is 28.4 Å². The molecule has 0 saturated carbocycles. The molecule has 2 heterocycles. The maximum atomic E-state index is 11.8. The highest BCUT2D eigenvalue weighted by atomic mass is 127. The first kappa shape index (κ1) is 13.6. The molecule has 104 valence electrons. The number of halogens is 1. The molecule has 0 radical (unpaired) electrons. The third-order valence-corrected chi connectivity index (χ3v) is 4.66. The zero-order valence-corrected chi connectivity index (χ0v) is 13.0. The van der Waals surface area contributed by atoms with Gasteiger partial charge < -0.3 is 15.6 Å². The summed E-state index contributed by atoms with van der Waals surface area (Å²) in [6, 6.07) is 8.41. The Morgan fingerprint density at radius 2 is 2.25 bits per heavy atom. The summed E-state index contributed by atoms with van der Waals surface area (Å²) in [6.07, 6.45) is 2.39. The third-order valence-electron chi connectivity index (χ3n) is 3.69. The van der Waals surface area contributed by atoms with Gasteiger partial charge in [0, 0.05) is 13.1 Å². The van der Waals surface area contributed by atoms with Gasteiger partial charge in [-0.15, -0.1) is 0 Å². The van der Waals surface area contributed by atoms with Crippen LogP contribution in [0.2, 0.25) is 0 Å². The highest BCUT2D eigenvalue weighted by Gasteiger charge is 2.28. The number of nitrogens with zero attached hydrogens (tertiary/aromatic N) is 2. The van der Waals surface area contributed by atoms with E-state index < -0.39 is 0 Å². The van der Waals surface area contributed by atoms with Crippen LogP contribution in [0.4, 0.5) is 5.82 Å². The average Bonchev–Trinajstić information content (AvgIpc) is 2.49. The Bertz CT molecular complexity index is 685. The van der Waals surface area contributed by atoms with Crippen molar-refractivity contribution in [1.82, 2.24) is 9.97 Å². The molecule has 20 heavy (non-hydrogen) atoms. The summed E-state index contributed by atoms with van der Waals surface area (Å²) in [6.45, 7) is 1.33. The Morgan fingerprint density at radius 3 is 3.05 bits per heavy atom. The lowest BCUT2D eigenvalue weighted by Gasteiger charge is -2.37. The number of nitrogens with one attached hydrogen (secondary N) is 1. The molecule has 1 aromatic heterocycles. The fraction of sp³-hybridized carbons (Fsp3) is 0.286. The first-order valence-electron chi connectivity index (χ1n) is 6.50. The van der Waals surface area contributed by atoms with E-state index in [1.165, 1.54) is 17.5 Å². The van der Waals surface area contributed by atoms with Gasteiger partial charge in [0.2, 0.25) is 0 Å². The van der Waals surface area contributed by atoms with Crippen molar-refractivity contribution in [3.05, 3.63) is 55.6 Å². The zero-order valence-electron chi connectivity index (χ0n) is 10.8. The average molecular weight is 382 g/mol. The molecule has 0 fully saturated rings. The minimum atomic E-state index is -0.106. The fourth-order valence-electron chi connectivity index (χ4n) is 2.73. The first-order valence-corrected chi connectivity index (χ1v) is 7.58. The maximum absolute atomic E-state index is 11.8. The van der Waals surface area contributed by atoms with Gasteiger partial charge in [-0.25, -0.2) is 4.98 Å². The molecule has 5 nitrogen and oxygen atoms in total. The second-order valence-electron chi connectivity index (χ2n) is 4.76. The van der Waals surface area contributed by atoms with Gasteiger partial charge in [-0.05, 0) is 40.1 Å². The monoisotopic (exact) mass is 382 g/mol. The predicted octanol–water partition coefficient (Wildman–Crippen LogP) is 1.44. The van der Waals surface area contributed by atoms with E-state index in [-0.39, 0.29) is 11.6 Å². The van der Waals surface area contributed by atoms with E-state index in [1.807, 2.05) is 28.7 Å². The molecule has 2 aromatic rings. The number of benzene rings is 1. The number of aromatic amines is 1. The lowest BCUT2D eigenvalue weighted by molar-refractivity contribution is 0.582. The van der Waals surface area contributed by atoms with Gasteiger partial charge in [0.25, 0.3) is 5.56 Å². The molecule has 3 rings (SSSR count). The van der Waals surface area contributed by atoms with E-state index in [4.69, 9.17) is 5.73 Å². The quantitative estimate of drug-likeness (QED) is 0.771. The van der Waals surface area contributed by atoms with Gasteiger partial charge in [-0.2, -0.15) is 0 Å². The highest BCUT2D eigenvalue weighted by molar-refractivity contribution is 14.1. The molecule has 1 unspecified atom stereocenters. The number of hydrogen-bond acceptors (Lipinski definition) is 4. The van der Waals surface area contributed by atoms with Gasteiger partial charge >= 0.3 is 0 Å². The topological polar surface area (TPSA) is 75.0 Å². The smallest absolute Gasteiger partial charge is 0.266 e. The number of fused-ring (bicyclic) bond motifs is 1. The summed E-state index contributed by atoms with van der Waals surface area (Å²) in [5.74, 6) is 0.722. The van der Waals surface area contributed by atoms with Crippen LogP contribution >= 0.6 is 22.6 Å². The number of nitrogens with two attached hydrogens (primary N) is 1. The van der Waals surface area contributed by atoms with E-state index in [2.05, 4.69) is 33.1 Å². The Morgan fingerprint density at radius 1 is 1.45 bits per heavy atom. The van der Waals surface area contributed by atoms with Crippen molar-refractivity contribution in [3.63, 3.8) is 0 Å². The molecular weight excluding hydrogens is 367 g/mol. The van der Waals surface area contributed by atoms with Gasteiger partial charge in [-0.1, -0.05) is 24.3 Å². The summed E-state index contributed by atoms with van der Waals surface area (Å²) in [4.78, 5) is 20.8. The van der Waals surface area contributed by atoms with Crippen LogP contribution in [0, 0.1) is 3.57 Å². The summed E-state index contributed by atoms with van der Waals surface area (Å²) < 4.78 is 0.614. The van der Waals surface area contributed by atoms with Gasteiger partial charge in [0.05, 0.1) is 12.4 Å². The fourth-order valence-corrected chi connectivity index (χ4v) is 3.34. The molecule has 3 N–H and O–H groups in total. The number of H-pyrrole nitrogens is 1. The molecule has 0 spiro atoms. The zero-order chi connectivity index (χ0) is 14.1. The molecule has 0 amide bonds. The SMILES string of the molecule is NCC1c2ccccc2CCN1c1nc[nH]c(=O)c1I. The summed E-state index contributed by atoms with van der Waals surface area (Å²) >= 11 is 2.04. The molecule has 0 bridgehead atoms. The number of hydrogen-bond donors (Lipinski definition) is 2. The van der Waals surface area contributed by atoms with E-state index in [0.717, 1.165) is 18.8 Å². The van der Waals surface area contributed by atoms with Crippen LogP contribution in [0.3, 0.4) is 0 Å². The van der Waals surface area contributed by atoms with Gasteiger partial charge in [0.1, 0.15) is 9.39 Å². The summed E-state index contributed by atoms with van der Waals surface area (Å²) in [7, 11) is 0. The standard InChI is InChI=1S/C14H15IN4O/c15-12-13(17-8-18-14(12)20)19-6-5-9-3-1-2-4-10(9)11(19)7-16/h1-4,8,11H,5-7,16H2,(H,17,18,20). The number of rotatable bonds is 2. The Balaban J connectivity index is 2.07. The molecule has 0 aliphatic carbocycles. The van der Waals surface area contributed by atoms with Crippen molar-refractivity contribution in [2.45, 2.75) is 12.5 Å². The van der Waals surface area contributed by atoms with Crippen molar-refractivity contribution in [1.29, 1.82) is 0 Å². The lowest BCUT2D eigenvalue weighted by atomic mass is 9.92. The molecule has 1 aromatic carbocycles. The Kier molecular flexibility index (Phi) is 3.75. The molecule has 0 saturated heterocycles. The normalized spacial score (nSPS) is 17.9. The van der Waals surface area contributed by atoms with E-state index in [1.54, 1.807) is 0 Å². The van der Waals surface area contributed by atoms with E-state index in [0.29, 0.717) is 10.1 Å². The van der Waals surface area contributed by atoms with Crippen LogP contribution in [-0.4, -0.2) is 23.1 Å². The van der Waals surface area contributed by atoms with Crippen molar-refractivity contribution in [3.8, 4) is 0 Å². The number of aromatic nitrogens is 2. The van der Waals surface area contributed by atoms with Gasteiger partial charge in [-0.3, -0.25) is 4.79 Å². The van der Waals surface area contributed by atoms with Crippen LogP contribution in [0.25, 0.3) is 0 Å². The maximum Gasteiger partial charge on any atom is 0.266 e. The molecule has 6 heteroatoms. The van der Waals surface area contributed by atoms with Crippen LogP contribution in [0.15, 0.2) is 35.4 Å². The molecule has 1 atom stereocenters. The third kappa shape index (κ3) is 2.22. The predicted molar refractivity (Wildman–Crippen MR) is 86.9 cm³/mol. The second-order valence-corrected chi connectivity index (χ2v) is 5.84. The second kappa shape index (κ2) is 5.53. The minimum Gasteiger partial charge on any atom is -0.347 e.